The Morgan fingerprint density at radius 1 is 1.03 bits per heavy atom. The number of Topliss-reactive ketones (excluding diaryl/α,β-unsaturated/α-hetero) is 2. The van der Waals surface area contributed by atoms with Gasteiger partial charge in [0.1, 0.15) is 11.5 Å². The Kier molecular flexibility index (Phi) is 4.75. The summed E-state index contributed by atoms with van der Waals surface area (Å²) in [6, 6.07) is 4.18. The van der Waals surface area contributed by atoms with Gasteiger partial charge in [-0.2, -0.15) is 0 Å². The molecule has 0 bridgehead atoms. The van der Waals surface area contributed by atoms with Crippen molar-refractivity contribution in [2.75, 3.05) is 7.11 Å². The summed E-state index contributed by atoms with van der Waals surface area (Å²) in [5.74, 6) is -0.585. The van der Waals surface area contributed by atoms with E-state index in [-0.39, 0.29) is 30.3 Å². The maximum atomic E-state index is 14.1. The second-order valence-corrected chi connectivity index (χ2v) is 10.3. The van der Waals surface area contributed by atoms with Gasteiger partial charge in [-0.1, -0.05) is 19.9 Å². The van der Waals surface area contributed by atoms with Crippen molar-refractivity contribution < 1.29 is 19.4 Å². The number of phenolic OH excluding ortho intramolecular Hbond substituents is 1. The topological polar surface area (TPSA) is 113 Å². The maximum absolute atomic E-state index is 14.1. The van der Waals surface area contributed by atoms with Gasteiger partial charge in [-0.25, -0.2) is 23.5 Å². The molecule has 2 aromatic rings. The van der Waals surface area contributed by atoms with E-state index in [1.54, 1.807) is 39.8 Å². The standard InChI is InChI=1S/C26H29N3O6/c1-13-14(2)22(32)26(4)20(17-11-15(35-6)7-8-19(17)30)16-9-10-28-23(33)27(5)24(34)29(28)18(16)12-25(26,3)21(13)31/h7-9,11,18,20,30H,10,12H2,1-6H3/t18-,20-,25+,26-/m1/s1. The minimum absolute atomic E-state index is 0.0338. The van der Waals surface area contributed by atoms with E-state index in [1.807, 2.05) is 6.08 Å². The van der Waals surface area contributed by atoms with Crippen LogP contribution in [0.1, 0.15) is 51.6 Å². The first-order chi connectivity index (χ1) is 16.4. The molecule has 2 heterocycles. The van der Waals surface area contributed by atoms with Crippen LogP contribution in [0.25, 0.3) is 0 Å². The van der Waals surface area contributed by atoms with E-state index in [9.17, 15) is 24.3 Å². The molecule has 1 N–H and O–H groups in total. The summed E-state index contributed by atoms with van der Waals surface area (Å²) in [6.07, 6.45) is 2.04. The lowest BCUT2D eigenvalue weighted by Crippen LogP contribution is -2.61. The van der Waals surface area contributed by atoms with Crippen molar-refractivity contribution >= 4 is 11.6 Å². The van der Waals surface area contributed by atoms with E-state index in [2.05, 4.69) is 0 Å². The number of ether oxygens (including phenoxy) is 1. The Labute approximate surface area is 201 Å². The van der Waals surface area contributed by atoms with Crippen molar-refractivity contribution in [3.63, 3.8) is 0 Å². The van der Waals surface area contributed by atoms with E-state index >= 15 is 0 Å². The number of aromatic nitrogens is 3. The molecule has 35 heavy (non-hydrogen) atoms. The number of carbonyl (C=O) groups excluding carboxylic acids is 2. The summed E-state index contributed by atoms with van der Waals surface area (Å²) in [5.41, 5.74) is -1.36. The molecule has 9 nitrogen and oxygen atoms in total. The molecule has 2 aliphatic carbocycles. The van der Waals surface area contributed by atoms with Crippen molar-refractivity contribution in [3.05, 3.63) is 67.5 Å². The van der Waals surface area contributed by atoms with Crippen LogP contribution in [0.15, 0.2) is 50.6 Å². The van der Waals surface area contributed by atoms with Crippen LogP contribution >= 0.6 is 0 Å². The van der Waals surface area contributed by atoms with Crippen LogP contribution in [0.4, 0.5) is 0 Å². The fraction of sp³-hybridized carbons (Fsp3) is 0.462. The number of hydrogen-bond donors (Lipinski definition) is 1. The summed E-state index contributed by atoms with van der Waals surface area (Å²) in [4.78, 5) is 53.8. The molecule has 5 rings (SSSR count). The second kappa shape index (κ2) is 7.19. The molecule has 0 amide bonds. The number of carbonyl (C=O) groups is 2. The van der Waals surface area contributed by atoms with Crippen LogP contribution in [-0.4, -0.2) is 37.7 Å². The van der Waals surface area contributed by atoms with Crippen LogP contribution in [0.5, 0.6) is 11.5 Å². The highest BCUT2D eigenvalue weighted by molar-refractivity contribution is 6.17. The van der Waals surface area contributed by atoms with Crippen LogP contribution in [0.3, 0.4) is 0 Å². The van der Waals surface area contributed by atoms with Gasteiger partial charge in [0.05, 0.1) is 25.1 Å². The summed E-state index contributed by atoms with van der Waals surface area (Å²) in [5, 5.41) is 11.0. The number of ketones is 2. The smallest absolute Gasteiger partial charge is 0.347 e. The number of aromatic hydroxyl groups is 1. The molecule has 3 aliphatic rings. The van der Waals surface area contributed by atoms with Crippen LogP contribution < -0.4 is 16.1 Å². The highest BCUT2D eigenvalue weighted by Crippen LogP contribution is 2.66. The van der Waals surface area contributed by atoms with E-state index < -0.39 is 34.2 Å². The number of rotatable bonds is 2. The highest BCUT2D eigenvalue weighted by Gasteiger charge is 2.67. The van der Waals surface area contributed by atoms with E-state index in [4.69, 9.17) is 4.74 Å². The number of nitrogens with zero attached hydrogens (tertiary/aromatic N) is 3. The molecule has 1 aliphatic heterocycles. The number of hydrogen-bond acceptors (Lipinski definition) is 6. The fourth-order valence-electron chi connectivity index (χ4n) is 6.54. The molecule has 1 fully saturated rings. The SMILES string of the molecule is COc1ccc(O)c([C@H]2C3=CCn4c(=O)n(C)c(=O)n4[C@@H]3C[C@@]3(C)C(=O)C(C)=C(C)C(=O)[C@@]23C)c1. The van der Waals surface area contributed by atoms with Crippen molar-refractivity contribution in [2.24, 2.45) is 17.9 Å². The first kappa shape index (κ1) is 23.1. The first-order valence-corrected chi connectivity index (χ1v) is 11.6. The molecule has 0 saturated heterocycles. The van der Waals surface area contributed by atoms with Gasteiger partial charge >= 0.3 is 11.4 Å². The molecule has 1 saturated carbocycles. The largest absolute Gasteiger partial charge is 0.508 e. The number of methoxy groups -OCH3 is 1. The van der Waals surface area contributed by atoms with Gasteiger partial charge in [0, 0.05) is 23.9 Å². The third kappa shape index (κ3) is 2.63. The molecule has 0 unspecified atom stereocenters. The van der Waals surface area contributed by atoms with Crippen molar-refractivity contribution in [1.82, 2.24) is 13.9 Å². The normalized spacial score (nSPS) is 29.9. The third-order valence-electron chi connectivity index (χ3n) is 8.85. The summed E-state index contributed by atoms with van der Waals surface area (Å²) >= 11 is 0. The third-order valence-corrected chi connectivity index (χ3v) is 8.85. The van der Waals surface area contributed by atoms with Gasteiger partial charge in [-0.3, -0.25) is 9.59 Å². The Hall–Kier alpha value is -3.62. The van der Waals surface area contributed by atoms with Crippen LogP contribution in [0.2, 0.25) is 0 Å². The van der Waals surface area contributed by atoms with Gasteiger partial charge in [0.15, 0.2) is 11.6 Å². The van der Waals surface area contributed by atoms with Crippen LogP contribution in [0, 0.1) is 10.8 Å². The molecular weight excluding hydrogens is 450 g/mol. The molecule has 0 spiro atoms. The Morgan fingerprint density at radius 3 is 2.34 bits per heavy atom. The number of benzene rings is 1. The predicted molar refractivity (Wildman–Crippen MR) is 128 cm³/mol. The fourth-order valence-corrected chi connectivity index (χ4v) is 6.54. The minimum Gasteiger partial charge on any atom is -0.508 e. The quantitative estimate of drug-likeness (QED) is 0.661. The lowest BCUT2D eigenvalue weighted by Gasteiger charge is -2.58. The van der Waals surface area contributed by atoms with Gasteiger partial charge in [-0.15, -0.1) is 0 Å². The van der Waals surface area contributed by atoms with Crippen molar-refractivity contribution in [2.45, 2.75) is 52.6 Å². The summed E-state index contributed by atoms with van der Waals surface area (Å²) in [6.45, 7) is 7.04. The lowest BCUT2D eigenvalue weighted by molar-refractivity contribution is -0.151. The van der Waals surface area contributed by atoms with Crippen LogP contribution in [-0.2, 0) is 23.2 Å². The average Bonchev–Trinajstić information content (AvgIpc) is 3.06. The maximum Gasteiger partial charge on any atom is 0.347 e. The van der Waals surface area contributed by atoms with Crippen molar-refractivity contribution in [3.8, 4) is 11.5 Å². The minimum atomic E-state index is -1.24. The Balaban J connectivity index is 1.88. The number of fused-ring (bicyclic) bond motifs is 4. The Bertz CT molecular complexity index is 1500. The van der Waals surface area contributed by atoms with Crippen molar-refractivity contribution in [1.29, 1.82) is 0 Å². The van der Waals surface area contributed by atoms with Gasteiger partial charge in [0.25, 0.3) is 0 Å². The summed E-state index contributed by atoms with van der Waals surface area (Å²) in [7, 11) is 2.94. The zero-order valence-corrected chi connectivity index (χ0v) is 20.7. The van der Waals surface area contributed by atoms with E-state index in [0.717, 1.165) is 10.1 Å². The Morgan fingerprint density at radius 2 is 1.69 bits per heavy atom. The molecule has 9 heteroatoms. The van der Waals surface area contributed by atoms with E-state index in [0.29, 0.717) is 22.5 Å². The molecule has 184 valence electrons. The molecule has 1 aromatic heterocycles. The molecule has 0 radical (unpaired) electrons. The zero-order chi connectivity index (χ0) is 25.6. The molecule has 1 aromatic carbocycles. The van der Waals surface area contributed by atoms with Gasteiger partial charge in [0.2, 0.25) is 0 Å². The molecular formula is C26H29N3O6. The average molecular weight is 480 g/mol. The second-order valence-electron chi connectivity index (χ2n) is 10.3. The monoisotopic (exact) mass is 479 g/mol. The first-order valence-electron chi connectivity index (χ1n) is 11.6. The van der Waals surface area contributed by atoms with Gasteiger partial charge < -0.3 is 9.84 Å². The summed E-state index contributed by atoms with van der Waals surface area (Å²) < 4.78 is 9.24. The highest BCUT2D eigenvalue weighted by atomic mass is 16.5. The van der Waals surface area contributed by atoms with E-state index in [1.165, 1.54) is 29.6 Å². The number of allylic oxidation sites excluding steroid dienone is 4. The molecule has 4 atom stereocenters. The predicted octanol–water partition coefficient (Wildman–Crippen LogP) is 2.23. The van der Waals surface area contributed by atoms with Gasteiger partial charge in [-0.05, 0) is 55.2 Å². The lowest BCUT2D eigenvalue weighted by atomic mass is 9.43. The number of phenols is 1. The zero-order valence-electron chi connectivity index (χ0n) is 20.7.